The van der Waals surface area contributed by atoms with Crippen molar-refractivity contribution < 1.29 is 19.1 Å². The Balaban J connectivity index is 2.19. The third-order valence-corrected chi connectivity index (χ3v) is 3.72. The Morgan fingerprint density at radius 1 is 1.11 bits per heavy atom. The molecule has 7 heteroatoms. The molecule has 0 spiro atoms. The second-order valence-electron chi connectivity index (χ2n) is 7.50. The predicted molar refractivity (Wildman–Crippen MR) is 107 cm³/mol. The number of rotatable bonds is 6. The number of nitrogens with one attached hydrogen (secondary N) is 1. The van der Waals surface area contributed by atoms with Crippen molar-refractivity contribution in [3.63, 3.8) is 0 Å². The van der Waals surface area contributed by atoms with Crippen molar-refractivity contribution in [2.75, 3.05) is 20.7 Å². The molecule has 0 saturated carbocycles. The first kappa shape index (κ1) is 21.2. The SMILES string of the molecule is CN(C)C(=O)COc1ccc(CNC(=O)OC(C)(C)C)cc1-c1ccncc1. The van der Waals surface area contributed by atoms with E-state index in [1.807, 2.05) is 45.0 Å². The van der Waals surface area contributed by atoms with Crippen LogP contribution in [0.4, 0.5) is 4.79 Å². The number of hydrogen-bond donors (Lipinski definition) is 1. The van der Waals surface area contributed by atoms with Crippen LogP contribution in [-0.2, 0) is 16.1 Å². The van der Waals surface area contributed by atoms with E-state index in [4.69, 9.17) is 9.47 Å². The Morgan fingerprint density at radius 3 is 2.39 bits per heavy atom. The zero-order valence-corrected chi connectivity index (χ0v) is 17.0. The van der Waals surface area contributed by atoms with Gasteiger partial charge in [-0.15, -0.1) is 0 Å². The van der Waals surface area contributed by atoms with Crippen LogP contribution in [0.1, 0.15) is 26.3 Å². The van der Waals surface area contributed by atoms with Gasteiger partial charge in [-0.25, -0.2) is 4.79 Å². The minimum Gasteiger partial charge on any atom is -0.483 e. The van der Waals surface area contributed by atoms with Crippen molar-refractivity contribution in [3.05, 3.63) is 48.3 Å². The molecule has 0 unspecified atom stereocenters. The molecular weight excluding hydrogens is 358 g/mol. The lowest BCUT2D eigenvalue weighted by atomic mass is 10.0. The molecule has 0 saturated heterocycles. The molecule has 2 aromatic rings. The molecule has 0 fully saturated rings. The van der Waals surface area contributed by atoms with Crippen LogP contribution in [0.5, 0.6) is 5.75 Å². The largest absolute Gasteiger partial charge is 0.483 e. The third kappa shape index (κ3) is 6.57. The van der Waals surface area contributed by atoms with Gasteiger partial charge in [0.1, 0.15) is 11.4 Å². The van der Waals surface area contributed by atoms with E-state index in [1.54, 1.807) is 32.6 Å². The lowest BCUT2D eigenvalue weighted by molar-refractivity contribution is -0.130. The number of carbonyl (C=O) groups excluding carboxylic acids is 2. The van der Waals surface area contributed by atoms with Crippen molar-refractivity contribution >= 4 is 12.0 Å². The van der Waals surface area contributed by atoms with Crippen LogP contribution in [-0.4, -0.2) is 48.2 Å². The molecule has 7 nitrogen and oxygen atoms in total. The van der Waals surface area contributed by atoms with Gasteiger partial charge in [0.2, 0.25) is 0 Å². The number of likely N-dealkylation sites (N-methyl/N-ethyl adjacent to an activating group) is 1. The fourth-order valence-corrected chi connectivity index (χ4v) is 2.33. The molecule has 2 amide bonds. The number of pyridine rings is 1. The van der Waals surface area contributed by atoms with E-state index in [0.29, 0.717) is 12.3 Å². The standard InChI is InChI=1S/C21H27N3O4/c1-21(2,3)28-20(26)23-13-15-6-7-18(27-14-19(25)24(4)5)17(12-15)16-8-10-22-11-9-16/h6-12H,13-14H2,1-5H3,(H,23,26). The maximum Gasteiger partial charge on any atom is 0.407 e. The molecule has 1 aromatic carbocycles. The highest BCUT2D eigenvalue weighted by Crippen LogP contribution is 2.31. The van der Waals surface area contributed by atoms with Crippen molar-refractivity contribution in [3.8, 4) is 16.9 Å². The monoisotopic (exact) mass is 385 g/mol. The topological polar surface area (TPSA) is 80.8 Å². The molecule has 0 atom stereocenters. The molecule has 150 valence electrons. The fraction of sp³-hybridized carbons (Fsp3) is 0.381. The van der Waals surface area contributed by atoms with Gasteiger partial charge in [-0.2, -0.15) is 0 Å². The number of alkyl carbamates (subject to hydrolysis) is 1. The van der Waals surface area contributed by atoms with Crippen molar-refractivity contribution in [1.82, 2.24) is 15.2 Å². The number of carbonyl (C=O) groups is 2. The van der Waals surface area contributed by atoms with Gasteiger partial charge in [0.15, 0.2) is 6.61 Å². The Bertz CT molecular complexity index is 814. The van der Waals surface area contributed by atoms with E-state index >= 15 is 0 Å². The van der Waals surface area contributed by atoms with Gasteiger partial charge in [-0.1, -0.05) is 6.07 Å². The Hall–Kier alpha value is -3.09. The minimum absolute atomic E-state index is 0.0550. The van der Waals surface area contributed by atoms with Gasteiger partial charge in [0.25, 0.3) is 5.91 Å². The molecular formula is C21H27N3O4. The lowest BCUT2D eigenvalue weighted by Gasteiger charge is -2.20. The normalized spacial score (nSPS) is 10.9. The van der Waals surface area contributed by atoms with Crippen LogP contribution in [0.2, 0.25) is 0 Å². The fourth-order valence-electron chi connectivity index (χ4n) is 2.33. The van der Waals surface area contributed by atoms with Crippen LogP contribution in [0.15, 0.2) is 42.7 Å². The summed E-state index contributed by atoms with van der Waals surface area (Å²) in [6.45, 7) is 5.70. The number of ether oxygens (including phenoxy) is 2. The number of benzene rings is 1. The van der Waals surface area contributed by atoms with Crippen molar-refractivity contribution in [1.29, 1.82) is 0 Å². The van der Waals surface area contributed by atoms with Crippen LogP contribution in [0.3, 0.4) is 0 Å². The Morgan fingerprint density at radius 2 is 1.79 bits per heavy atom. The molecule has 28 heavy (non-hydrogen) atoms. The molecule has 0 radical (unpaired) electrons. The number of hydrogen-bond acceptors (Lipinski definition) is 5. The van der Waals surface area contributed by atoms with Gasteiger partial charge in [-0.3, -0.25) is 9.78 Å². The molecule has 0 aliphatic heterocycles. The van der Waals surface area contributed by atoms with Crippen LogP contribution < -0.4 is 10.1 Å². The van der Waals surface area contributed by atoms with Gasteiger partial charge < -0.3 is 19.7 Å². The molecule has 2 rings (SSSR count). The van der Waals surface area contributed by atoms with Crippen molar-refractivity contribution in [2.24, 2.45) is 0 Å². The maximum atomic E-state index is 11.9. The third-order valence-electron chi connectivity index (χ3n) is 3.72. The summed E-state index contributed by atoms with van der Waals surface area (Å²) >= 11 is 0. The average Bonchev–Trinajstić information content (AvgIpc) is 2.64. The minimum atomic E-state index is -0.553. The number of aromatic nitrogens is 1. The van der Waals surface area contributed by atoms with E-state index in [-0.39, 0.29) is 12.5 Å². The van der Waals surface area contributed by atoms with Gasteiger partial charge in [0, 0.05) is 38.6 Å². The summed E-state index contributed by atoms with van der Waals surface area (Å²) in [6, 6.07) is 9.28. The smallest absolute Gasteiger partial charge is 0.407 e. The van der Waals surface area contributed by atoms with E-state index in [2.05, 4.69) is 10.3 Å². The first-order valence-electron chi connectivity index (χ1n) is 8.99. The predicted octanol–water partition coefficient (Wildman–Crippen LogP) is 3.24. The van der Waals surface area contributed by atoms with E-state index in [0.717, 1.165) is 16.7 Å². The van der Waals surface area contributed by atoms with Gasteiger partial charge in [0.05, 0.1) is 0 Å². The summed E-state index contributed by atoms with van der Waals surface area (Å²) in [7, 11) is 3.36. The van der Waals surface area contributed by atoms with Crippen LogP contribution in [0, 0.1) is 0 Å². The first-order chi connectivity index (χ1) is 13.2. The highest BCUT2D eigenvalue weighted by atomic mass is 16.6. The van der Waals surface area contributed by atoms with Gasteiger partial charge >= 0.3 is 6.09 Å². The highest BCUT2D eigenvalue weighted by Gasteiger charge is 2.16. The summed E-state index contributed by atoms with van der Waals surface area (Å²) in [5.74, 6) is 0.457. The zero-order valence-electron chi connectivity index (χ0n) is 17.0. The highest BCUT2D eigenvalue weighted by molar-refractivity contribution is 5.78. The quantitative estimate of drug-likeness (QED) is 0.826. The Kier molecular flexibility index (Phi) is 6.98. The van der Waals surface area contributed by atoms with E-state index < -0.39 is 11.7 Å². The summed E-state index contributed by atoms with van der Waals surface area (Å²) in [5, 5.41) is 2.74. The molecule has 0 bridgehead atoms. The molecule has 0 aliphatic rings. The summed E-state index contributed by atoms with van der Waals surface area (Å²) in [5.41, 5.74) is 2.05. The number of nitrogens with zero attached hydrogens (tertiary/aromatic N) is 2. The second-order valence-corrected chi connectivity index (χ2v) is 7.50. The molecule has 1 heterocycles. The first-order valence-corrected chi connectivity index (χ1v) is 8.99. The summed E-state index contributed by atoms with van der Waals surface area (Å²) < 4.78 is 11.0. The summed E-state index contributed by atoms with van der Waals surface area (Å²) in [6.07, 6.45) is 2.90. The molecule has 0 aliphatic carbocycles. The van der Waals surface area contributed by atoms with Crippen LogP contribution in [0.25, 0.3) is 11.1 Å². The van der Waals surface area contributed by atoms with E-state index in [9.17, 15) is 9.59 Å². The Labute approximate surface area is 165 Å². The van der Waals surface area contributed by atoms with Gasteiger partial charge in [-0.05, 0) is 56.2 Å². The van der Waals surface area contributed by atoms with Crippen LogP contribution >= 0.6 is 0 Å². The lowest BCUT2D eigenvalue weighted by Crippen LogP contribution is -2.32. The average molecular weight is 385 g/mol. The zero-order chi connectivity index (χ0) is 20.7. The maximum absolute atomic E-state index is 11.9. The van der Waals surface area contributed by atoms with Crippen molar-refractivity contribution in [2.45, 2.75) is 32.9 Å². The molecule has 1 N–H and O–H groups in total. The van der Waals surface area contributed by atoms with E-state index in [1.165, 1.54) is 4.90 Å². The molecule has 1 aromatic heterocycles. The number of amides is 2. The second kappa shape index (κ2) is 9.21. The summed E-state index contributed by atoms with van der Waals surface area (Å²) in [4.78, 5) is 29.3.